The molecule has 0 unspecified atom stereocenters. The Kier molecular flexibility index (Phi) is 4.50. The van der Waals surface area contributed by atoms with Crippen molar-refractivity contribution >= 4 is 5.91 Å². The molecule has 1 amide bonds. The summed E-state index contributed by atoms with van der Waals surface area (Å²) in [4.78, 5) is 18.4. The van der Waals surface area contributed by atoms with Gasteiger partial charge in [0, 0.05) is 14.1 Å². The number of rotatable bonds is 5. The van der Waals surface area contributed by atoms with Gasteiger partial charge in [0.05, 0.1) is 12.5 Å². The Hall–Kier alpha value is -2.17. The Bertz CT molecular complexity index is 564. The third-order valence-electron chi connectivity index (χ3n) is 3.47. The van der Waals surface area contributed by atoms with E-state index in [2.05, 4.69) is 10.1 Å². The van der Waals surface area contributed by atoms with Crippen molar-refractivity contribution in [2.24, 2.45) is 7.05 Å². The molecule has 0 saturated carbocycles. The number of carbonyl (C=O) groups excluding carboxylic acids is 1. The third kappa shape index (κ3) is 3.04. The van der Waals surface area contributed by atoms with E-state index in [4.69, 9.17) is 0 Å². The maximum atomic E-state index is 12.6. The second-order valence-electron chi connectivity index (χ2n) is 4.87. The van der Waals surface area contributed by atoms with Crippen molar-refractivity contribution < 1.29 is 4.79 Å². The zero-order chi connectivity index (χ0) is 14.5. The smallest absolute Gasteiger partial charge is 0.230 e. The molecule has 106 valence electrons. The molecule has 0 spiro atoms. The molecule has 0 bridgehead atoms. The Morgan fingerprint density at radius 2 is 2.05 bits per heavy atom. The summed E-state index contributed by atoms with van der Waals surface area (Å²) in [6.45, 7) is 2.50. The fourth-order valence-corrected chi connectivity index (χ4v) is 2.26. The van der Waals surface area contributed by atoms with Gasteiger partial charge in [0.2, 0.25) is 5.91 Å². The second kappa shape index (κ2) is 6.32. The summed E-state index contributed by atoms with van der Waals surface area (Å²) >= 11 is 0. The zero-order valence-corrected chi connectivity index (χ0v) is 12.2. The van der Waals surface area contributed by atoms with Crippen molar-refractivity contribution in [2.45, 2.75) is 25.8 Å². The lowest BCUT2D eigenvalue weighted by atomic mass is 9.95. The third-order valence-corrected chi connectivity index (χ3v) is 3.47. The van der Waals surface area contributed by atoms with E-state index in [0.29, 0.717) is 6.54 Å². The van der Waals surface area contributed by atoms with Crippen LogP contribution in [0.4, 0.5) is 0 Å². The maximum absolute atomic E-state index is 12.6. The molecule has 1 atom stereocenters. The van der Waals surface area contributed by atoms with Crippen LogP contribution < -0.4 is 0 Å². The van der Waals surface area contributed by atoms with Crippen LogP contribution in [0.1, 0.15) is 30.7 Å². The number of likely N-dealkylation sites (N-methyl/N-ethyl adjacent to an activating group) is 1. The average Bonchev–Trinajstić information content (AvgIpc) is 2.86. The fourth-order valence-electron chi connectivity index (χ4n) is 2.26. The van der Waals surface area contributed by atoms with Gasteiger partial charge in [-0.05, 0) is 12.0 Å². The van der Waals surface area contributed by atoms with Gasteiger partial charge in [-0.3, -0.25) is 9.48 Å². The molecule has 2 aromatic rings. The fraction of sp³-hybridized carbons (Fsp3) is 0.400. The van der Waals surface area contributed by atoms with E-state index >= 15 is 0 Å². The first kappa shape index (κ1) is 14.2. The lowest BCUT2D eigenvalue weighted by Gasteiger charge is -2.23. The molecule has 0 saturated heterocycles. The van der Waals surface area contributed by atoms with Crippen molar-refractivity contribution in [3.63, 3.8) is 0 Å². The molecule has 5 heteroatoms. The van der Waals surface area contributed by atoms with E-state index in [1.165, 1.54) is 6.33 Å². The number of nitrogens with zero attached hydrogens (tertiary/aromatic N) is 4. The molecular weight excluding hydrogens is 252 g/mol. The normalized spacial score (nSPS) is 12.2. The van der Waals surface area contributed by atoms with Gasteiger partial charge in [0.1, 0.15) is 12.2 Å². The average molecular weight is 272 g/mol. The molecule has 1 aromatic heterocycles. The van der Waals surface area contributed by atoms with Crippen LogP contribution in [-0.4, -0.2) is 32.6 Å². The van der Waals surface area contributed by atoms with Gasteiger partial charge in [-0.1, -0.05) is 37.3 Å². The highest BCUT2D eigenvalue weighted by atomic mass is 16.2. The standard InChI is InChI=1S/C15H20N4O/c1-4-13(12-8-6-5-7-9-12)15(20)18(2)10-14-16-11-17-19(14)3/h5-9,11,13H,4,10H2,1-3H3/t13-/m1/s1. The lowest BCUT2D eigenvalue weighted by molar-refractivity contribution is -0.132. The van der Waals surface area contributed by atoms with Crippen molar-refractivity contribution in [1.29, 1.82) is 0 Å². The van der Waals surface area contributed by atoms with Gasteiger partial charge in [0.15, 0.2) is 0 Å². The highest BCUT2D eigenvalue weighted by Gasteiger charge is 2.22. The largest absolute Gasteiger partial charge is 0.338 e. The van der Waals surface area contributed by atoms with Crippen LogP contribution >= 0.6 is 0 Å². The number of hydrogen-bond acceptors (Lipinski definition) is 3. The number of amides is 1. The van der Waals surface area contributed by atoms with Crippen molar-refractivity contribution in [1.82, 2.24) is 19.7 Å². The molecule has 0 fully saturated rings. The number of carbonyl (C=O) groups is 1. The number of hydrogen-bond donors (Lipinski definition) is 0. The minimum Gasteiger partial charge on any atom is -0.338 e. The predicted molar refractivity (Wildman–Crippen MR) is 77.0 cm³/mol. The van der Waals surface area contributed by atoms with Gasteiger partial charge in [-0.15, -0.1) is 0 Å². The quantitative estimate of drug-likeness (QED) is 0.836. The van der Waals surface area contributed by atoms with Gasteiger partial charge in [0.25, 0.3) is 0 Å². The molecule has 20 heavy (non-hydrogen) atoms. The summed E-state index contributed by atoms with van der Waals surface area (Å²) < 4.78 is 1.69. The van der Waals surface area contributed by atoms with Crippen LogP contribution in [0.3, 0.4) is 0 Å². The molecule has 0 aliphatic carbocycles. The van der Waals surface area contributed by atoms with Crippen molar-refractivity contribution in [3.05, 3.63) is 48.0 Å². The predicted octanol–water partition coefficient (Wildman–Crippen LogP) is 1.97. The van der Waals surface area contributed by atoms with Crippen LogP contribution in [0.15, 0.2) is 36.7 Å². The van der Waals surface area contributed by atoms with Crippen molar-refractivity contribution in [3.8, 4) is 0 Å². The van der Waals surface area contributed by atoms with Gasteiger partial charge >= 0.3 is 0 Å². The van der Waals surface area contributed by atoms with Gasteiger partial charge in [-0.25, -0.2) is 4.98 Å². The SMILES string of the molecule is CC[C@@H](C(=O)N(C)Cc1ncnn1C)c1ccccc1. The minimum absolute atomic E-state index is 0.102. The zero-order valence-electron chi connectivity index (χ0n) is 12.2. The molecule has 0 N–H and O–H groups in total. The Morgan fingerprint density at radius 3 is 2.60 bits per heavy atom. The summed E-state index contributed by atoms with van der Waals surface area (Å²) in [5.41, 5.74) is 1.06. The number of benzene rings is 1. The minimum atomic E-state index is -0.102. The van der Waals surface area contributed by atoms with Crippen molar-refractivity contribution in [2.75, 3.05) is 7.05 Å². The monoisotopic (exact) mass is 272 g/mol. The van der Waals surface area contributed by atoms with E-state index in [9.17, 15) is 4.79 Å². The molecule has 1 aromatic carbocycles. The molecular formula is C15H20N4O. The highest BCUT2D eigenvalue weighted by Crippen LogP contribution is 2.21. The molecule has 0 aliphatic rings. The van der Waals surface area contributed by atoms with E-state index in [1.807, 2.05) is 51.4 Å². The van der Waals surface area contributed by atoms with E-state index in [0.717, 1.165) is 17.8 Å². The maximum Gasteiger partial charge on any atom is 0.230 e. The molecule has 2 rings (SSSR count). The first-order chi connectivity index (χ1) is 9.63. The lowest BCUT2D eigenvalue weighted by Crippen LogP contribution is -2.32. The highest BCUT2D eigenvalue weighted by molar-refractivity contribution is 5.83. The molecule has 0 radical (unpaired) electrons. The number of aromatic nitrogens is 3. The molecule has 0 aliphatic heterocycles. The van der Waals surface area contributed by atoms with Gasteiger partial charge < -0.3 is 4.90 Å². The van der Waals surface area contributed by atoms with Crippen LogP contribution in [0, 0.1) is 0 Å². The Labute approximate surface area is 119 Å². The van der Waals surface area contributed by atoms with E-state index < -0.39 is 0 Å². The first-order valence-electron chi connectivity index (χ1n) is 6.76. The van der Waals surface area contributed by atoms with Crippen LogP contribution in [0.5, 0.6) is 0 Å². The van der Waals surface area contributed by atoms with Crippen LogP contribution in [0.25, 0.3) is 0 Å². The topological polar surface area (TPSA) is 51.0 Å². The van der Waals surface area contributed by atoms with E-state index in [-0.39, 0.29) is 11.8 Å². The van der Waals surface area contributed by atoms with E-state index in [1.54, 1.807) is 9.58 Å². The molecule has 5 nitrogen and oxygen atoms in total. The first-order valence-corrected chi connectivity index (χ1v) is 6.76. The summed E-state index contributed by atoms with van der Waals surface area (Å²) in [6.07, 6.45) is 2.29. The summed E-state index contributed by atoms with van der Waals surface area (Å²) in [5, 5.41) is 4.02. The van der Waals surface area contributed by atoms with Gasteiger partial charge in [-0.2, -0.15) is 5.10 Å². The van der Waals surface area contributed by atoms with Crippen LogP contribution in [-0.2, 0) is 18.4 Å². The second-order valence-corrected chi connectivity index (χ2v) is 4.87. The van der Waals surface area contributed by atoms with Crippen LogP contribution in [0.2, 0.25) is 0 Å². The summed E-state index contributed by atoms with van der Waals surface area (Å²) in [6, 6.07) is 9.90. The summed E-state index contributed by atoms with van der Waals surface area (Å²) in [5.74, 6) is 0.792. The Balaban J connectivity index is 2.11. The summed E-state index contributed by atoms with van der Waals surface area (Å²) in [7, 11) is 3.64. The number of aryl methyl sites for hydroxylation is 1. The molecule has 1 heterocycles. The Morgan fingerprint density at radius 1 is 1.35 bits per heavy atom.